The summed E-state index contributed by atoms with van der Waals surface area (Å²) in [6.07, 6.45) is -0.0357. The first kappa shape index (κ1) is 18.5. The number of sulfonamides is 1. The fourth-order valence-corrected chi connectivity index (χ4v) is 2.72. The van der Waals surface area contributed by atoms with Crippen molar-refractivity contribution in [2.24, 2.45) is 0 Å². The molecule has 0 fully saturated rings. The summed E-state index contributed by atoms with van der Waals surface area (Å²) in [6, 6.07) is 6.05. The molecule has 9 heteroatoms. The molecule has 0 heterocycles. The molecule has 1 aromatic carbocycles. The minimum absolute atomic E-state index is 0.0105. The van der Waals surface area contributed by atoms with Gasteiger partial charge in [-0.25, -0.2) is 17.9 Å². The normalized spacial score (nSPS) is 10.5. The van der Waals surface area contributed by atoms with E-state index < -0.39 is 21.9 Å². The number of amides is 1. The molecule has 0 aliphatic rings. The topological polar surface area (TPSA) is 126 Å². The van der Waals surface area contributed by atoms with Gasteiger partial charge in [0.25, 0.3) is 10.0 Å². The molecular formula is C14H17N3O5S. The Labute approximate surface area is 134 Å². The van der Waals surface area contributed by atoms with Crippen LogP contribution in [0.4, 0.5) is 0 Å². The molecule has 0 spiro atoms. The lowest BCUT2D eigenvalue weighted by molar-refractivity contribution is -0.137. The molecular weight excluding hydrogens is 322 g/mol. The van der Waals surface area contributed by atoms with Gasteiger partial charge in [-0.1, -0.05) is 17.7 Å². The monoisotopic (exact) mass is 339 g/mol. The zero-order valence-corrected chi connectivity index (χ0v) is 13.6. The summed E-state index contributed by atoms with van der Waals surface area (Å²) in [5.41, 5.74) is 9.30. The second-order valence-electron chi connectivity index (χ2n) is 4.73. The first-order valence-electron chi connectivity index (χ1n) is 6.71. The molecule has 0 saturated carbocycles. The minimum atomic E-state index is -3.92. The van der Waals surface area contributed by atoms with Crippen LogP contribution in [-0.4, -0.2) is 37.9 Å². The van der Waals surface area contributed by atoms with Crippen LogP contribution in [0.1, 0.15) is 24.8 Å². The zero-order valence-electron chi connectivity index (χ0n) is 12.8. The highest BCUT2D eigenvalue weighted by Crippen LogP contribution is 2.10. The van der Waals surface area contributed by atoms with E-state index in [1.54, 1.807) is 12.1 Å². The number of ether oxygens (including phenoxy) is 1. The van der Waals surface area contributed by atoms with Crippen LogP contribution < -0.4 is 4.72 Å². The fourth-order valence-electron chi connectivity index (χ4n) is 1.70. The van der Waals surface area contributed by atoms with Gasteiger partial charge >= 0.3 is 11.7 Å². The molecule has 1 aromatic rings. The van der Waals surface area contributed by atoms with Crippen LogP contribution in [-0.2, 0) is 24.3 Å². The molecule has 1 N–H and O–H groups in total. The molecule has 0 atom stereocenters. The maximum atomic E-state index is 12.0. The largest absolute Gasteiger partial charge is 0.460 e. The van der Waals surface area contributed by atoms with Gasteiger partial charge in [-0.15, -0.1) is 0 Å². The van der Waals surface area contributed by atoms with Gasteiger partial charge in [-0.3, -0.25) is 4.79 Å². The second-order valence-corrected chi connectivity index (χ2v) is 6.42. The van der Waals surface area contributed by atoms with Crippen molar-refractivity contribution < 1.29 is 27.5 Å². The highest BCUT2D eigenvalue weighted by Gasteiger charge is 2.22. The summed E-state index contributed by atoms with van der Waals surface area (Å²) in [6.45, 7) is 1.82. The van der Waals surface area contributed by atoms with Gasteiger partial charge < -0.3 is 10.3 Å². The number of carbonyl (C=O) groups excluding carboxylic acids is 2. The number of esters is 1. The molecule has 0 bridgehead atoms. The SMILES string of the molecule is COC(=O)C(CCCC(=O)NS(=O)(=O)c1ccc(C)cc1)=[N+]=[N-]. The summed E-state index contributed by atoms with van der Waals surface area (Å²) in [5, 5.41) is 0. The summed E-state index contributed by atoms with van der Waals surface area (Å²) in [5.74, 6) is -1.52. The number of aryl methyl sites for hydroxylation is 1. The van der Waals surface area contributed by atoms with E-state index in [0.29, 0.717) is 0 Å². The average Bonchev–Trinajstić information content (AvgIpc) is 2.50. The lowest BCUT2D eigenvalue weighted by Gasteiger charge is -2.06. The molecule has 8 nitrogen and oxygen atoms in total. The fraction of sp³-hybridized carbons (Fsp3) is 0.357. The molecule has 0 saturated heterocycles. The van der Waals surface area contributed by atoms with E-state index in [0.717, 1.165) is 12.7 Å². The summed E-state index contributed by atoms with van der Waals surface area (Å²) in [4.78, 5) is 25.6. The van der Waals surface area contributed by atoms with E-state index in [9.17, 15) is 18.0 Å². The smallest absolute Gasteiger partial charge is 0.416 e. The number of hydrogen-bond donors (Lipinski definition) is 1. The van der Waals surface area contributed by atoms with Gasteiger partial charge in [0.2, 0.25) is 5.91 Å². The first-order chi connectivity index (χ1) is 10.8. The number of benzene rings is 1. The van der Waals surface area contributed by atoms with Gasteiger partial charge in [0.1, 0.15) is 0 Å². The molecule has 1 rings (SSSR count). The van der Waals surface area contributed by atoms with Crippen molar-refractivity contribution in [1.82, 2.24) is 4.72 Å². The molecule has 0 aliphatic heterocycles. The van der Waals surface area contributed by atoms with Crippen LogP contribution in [0, 0.1) is 6.92 Å². The summed E-state index contributed by atoms with van der Waals surface area (Å²) >= 11 is 0. The van der Waals surface area contributed by atoms with Crippen molar-refractivity contribution in [2.45, 2.75) is 31.1 Å². The van der Waals surface area contributed by atoms with Gasteiger partial charge in [0.15, 0.2) is 0 Å². The third-order valence-electron chi connectivity index (χ3n) is 2.94. The molecule has 0 aliphatic carbocycles. The molecule has 1 amide bonds. The zero-order chi connectivity index (χ0) is 17.5. The minimum Gasteiger partial charge on any atom is -0.460 e. The van der Waals surface area contributed by atoms with Crippen molar-refractivity contribution >= 4 is 27.6 Å². The van der Waals surface area contributed by atoms with Gasteiger partial charge in [-0.05, 0) is 25.5 Å². The molecule has 0 radical (unpaired) electrons. The number of carbonyl (C=O) groups is 2. The lowest BCUT2D eigenvalue weighted by atomic mass is 10.1. The highest BCUT2D eigenvalue weighted by molar-refractivity contribution is 7.90. The Bertz CT molecular complexity index is 734. The van der Waals surface area contributed by atoms with E-state index in [-0.39, 0.29) is 29.9 Å². The Hall–Kier alpha value is -2.51. The van der Waals surface area contributed by atoms with Crippen molar-refractivity contribution in [3.05, 3.63) is 35.4 Å². The number of nitrogens with one attached hydrogen (secondary N) is 1. The predicted molar refractivity (Wildman–Crippen MR) is 81.0 cm³/mol. The van der Waals surface area contributed by atoms with E-state index >= 15 is 0 Å². The van der Waals surface area contributed by atoms with E-state index in [2.05, 4.69) is 9.53 Å². The highest BCUT2D eigenvalue weighted by atomic mass is 32.2. The third kappa shape index (κ3) is 5.65. The lowest BCUT2D eigenvalue weighted by Crippen LogP contribution is -2.30. The van der Waals surface area contributed by atoms with Crippen molar-refractivity contribution in [1.29, 1.82) is 0 Å². The molecule has 124 valence electrons. The first-order valence-corrected chi connectivity index (χ1v) is 8.20. The third-order valence-corrected chi connectivity index (χ3v) is 4.33. The van der Waals surface area contributed by atoms with Crippen LogP contribution in [0.15, 0.2) is 29.2 Å². The molecule has 23 heavy (non-hydrogen) atoms. The van der Waals surface area contributed by atoms with Crippen LogP contribution in [0.3, 0.4) is 0 Å². The van der Waals surface area contributed by atoms with Gasteiger partial charge in [-0.2, -0.15) is 4.79 Å². The van der Waals surface area contributed by atoms with Crippen LogP contribution in [0.5, 0.6) is 0 Å². The number of hydrogen-bond acceptors (Lipinski definition) is 5. The molecule has 0 unspecified atom stereocenters. The maximum absolute atomic E-state index is 12.0. The Morgan fingerprint density at radius 3 is 2.35 bits per heavy atom. The van der Waals surface area contributed by atoms with Gasteiger partial charge in [0.05, 0.1) is 18.4 Å². The Morgan fingerprint density at radius 2 is 1.83 bits per heavy atom. The number of methoxy groups -OCH3 is 1. The molecule has 0 aromatic heterocycles. The Kier molecular flexibility index (Phi) is 6.62. The maximum Gasteiger partial charge on any atom is 0.416 e. The summed E-state index contributed by atoms with van der Waals surface area (Å²) in [7, 11) is -2.79. The summed E-state index contributed by atoms with van der Waals surface area (Å²) < 4.78 is 30.3. The van der Waals surface area contributed by atoms with Gasteiger partial charge in [0, 0.05) is 6.42 Å². The van der Waals surface area contributed by atoms with Crippen LogP contribution in [0.2, 0.25) is 0 Å². The van der Waals surface area contributed by atoms with Crippen molar-refractivity contribution in [2.75, 3.05) is 7.11 Å². The van der Waals surface area contributed by atoms with E-state index in [4.69, 9.17) is 5.53 Å². The quantitative estimate of drug-likeness (QED) is 0.340. The Morgan fingerprint density at radius 1 is 1.22 bits per heavy atom. The predicted octanol–water partition coefficient (Wildman–Crippen LogP) is 0.814. The number of rotatable bonds is 7. The van der Waals surface area contributed by atoms with Crippen molar-refractivity contribution in [3.8, 4) is 0 Å². The van der Waals surface area contributed by atoms with E-state index in [1.807, 2.05) is 11.6 Å². The second kappa shape index (κ2) is 8.21. The Balaban J connectivity index is 2.58. The van der Waals surface area contributed by atoms with Crippen LogP contribution in [0.25, 0.3) is 5.53 Å². The van der Waals surface area contributed by atoms with E-state index in [1.165, 1.54) is 12.1 Å². The number of nitrogens with zero attached hydrogens (tertiary/aromatic N) is 2. The van der Waals surface area contributed by atoms with Crippen LogP contribution >= 0.6 is 0 Å². The average molecular weight is 339 g/mol. The van der Waals surface area contributed by atoms with Crippen molar-refractivity contribution in [3.63, 3.8) is 0 Å². The standard InChI is InChI=1S/C14H17N3O5S/c1-10-6-8-11(9-7-10)23(20,21)17-13(18)5-3-4-12(16-15)14(19)22-2/h6-9H,3-5H2,1-2H3,(H,17,18).